The minimum atomic E-state index is 0.510. The molecule has 4 rings (SSSR count). The largest absolute Gasteiger partial charge is 0.494 e. The Morgan fingerprint density at radius 1 is 1.17 bits per heavy atom. The van der Waals surface area contributed by atoms with Gasteiger partial charge in [0.15, 0.2) is 0 Å². The number of hydrogen-bond donors (Lipinski definition) is 1. The molecule has 30 heavy (non-hydrogen) atoms. The maximum atomic E-state index is 5.63. The van der Waals surface area contributed by atoms with Gasteiger partial charge < -0.3 is 15.0 Å². The molecular weight excluding hydrogens is 376 g/mol. The lowest BCUT2D eigenvalue weighted by Gasteiger charge is -2.21. The highest BCUT2D eigenvalue weighted by Crippen LogP contribution is 2.25. The molecule has 1 aliphatic heterocycles. The summed E-state index contributed by atoms with van der Waals surface area (Å²) in [4.78, 5) is 12.0. The monoisotopic (exact) mass is 408 g/mol. The second kappa shape index (κ2) is 9.43. The van der Waals surface area contributed by atoms with Crippen LogP contribution in [0.2, 0.25) is 0 Å². The first-order chi connectivity index (χ1) is 14.7. The van der Waals surface area contributed by atoms with E-state index in [-0.39, 0.29) is 0 Å². The average molecular weight is 409 g/mol. The van der Waals surface area contributed by atoms with Crippen LogP contribution in [-0.2, 0) is 13.1 Å². The fraction of sp³-hybridized carbons (Fsp3) is 0.522. The summed E-state index contributed by atoms with van der Waals surface area (Å²) in [5.74, 6) is 1.71. The van der Waals surface area contributed by atoms with Crippen molar-refractivity contribution in [2.24, 2.45) is 0 Å². The van der Waals surface area contributed by atoms with Gasteiger partial charge >= 0.3 is 0 Å². The minimum absolute atomic E-state index is 0.510. The van der Waals surface area contributed by atoms with Gasteiger partial charge in [0.25, 0.3) is 0 Å². The lowest BCUT2D eigenvalue weighted by molar-refractivity contribution is 0.340. The Balaban J connectivity index is 1.41. The number of anilines is 1. The third-order valence-electron chi connectivity index (χ3n) is 5.77. The molecule has 3 aromatic rings. The maximum Gasteiger partial charge on any atom is 0.226 e. The Kier molecular flexibility index (Phi) is 6.47. The number of aryl methyl sites for hydroxylation is 2. The molecule has 1 saturated heterocycles. The third kappa shape index (κ3) is 4.73. The number of hydrogen-bond acceptors (Lipinski definition) is 6. The Bertz CT molecular complexity index is 985. The van der Waals surface area contributed by atoms with Crippen LogP contribution < -0.4 is 15.0 Å². The van der Waals surface area contributed by atoms with Crippen LogP contribution in [0.5, 0.6) is 5.75 Å². The lowest BCUT2D eigenvalue weighted by Crippen LogP contribution is -2.31. The Morgan fingerprint density at radius 3 is 2.87 bits per heavy atom. The van der Waals surface area contributed by atoms with Crippen molar-refractivity contribution in [3.63, 3.8) is 0 Å². The molecule has 1 atom stereocenters. The van der Waals surface area contributed by atoms with Gasteiger partial charge in [0, 0.05) is 49.4 Å². The van der Waals surface area contributed by atoms with Gasteiger partial charge in [-0.2, -0.15) is 5.10 Å². The van der Waals surface area contributed by atoms with E-state index in [1.807, 2.05) is 36.0 Å². The molecule has 1 N–H and O–H groups in total. The lowest BCUT2D eigenvalue weighted by atomic mass is 10.1. The molecule has 0 aliphatic carbocycles. The fourth-order valence-electron chi connectivity index (χ4n) is 4.08. The van der Waals surface area contributed by atoms with E-state index in [1.54, 1.807) is 0 Å². The SMILES string of the molecule is CCOc1ccc2nc(N3CCC[C@@H](NCc4cnn(CC)c4)CC3)nc(C)c2c1. The summed E-state index contributed by atoms with van der Waals surface area (Å²) < 4.78 is 7.60. The van der Waals surface area contributed by atoms with Crippen molar-refractivity contribution < 1.29 is 4.74 Å². The summed E-state index contributed by atoms with van der Waals surface area (Å²) >= 11 is 0. The van der Waals surface area contributed by atoms with Gasteiger partial charge in [-0.25, -0.2) is 9.97 Å². The van der Waals surface area contributed by atoms with Gasteiger partial charge in [-0.05, 0) is 58.2 Å². The van der Waals surface area contributed by atoms with E-state index in [0.717, 1.165) is 67.3 Å². The van der Waals surface area contributed by atoms with Gasteiger partial charge in [0.1, 0.15) is 5.75 Å². The van der Waals surface area contributed by atoms with Gasteiger partial charge in [-0.15, -0.1) is 0 Å². The molecule has 1 aliphatic rings. The molecule has 0 radical (unpaired) electrons. The quantitative estimate of drug-likeness (QED) is 0.643. The van der Waals surface area contributed by atoms with E-state index in [0.29, 0.717) is 12.6 Å². The first-order valence-corrected chi connectivity index (χ1v) is 11.1. The first-order valence-electron chi connectivity index (χ1n) is 11.1. The van der Waals surface area contributed by atoms with Crippen LogP contribution in [0.4, 0.5) is 5.95 Å². The summed E-state index contributed by atoms with van der Waals surface area (Å²) in [6.07, 6.45) is 7.48. The highest BCUT2D eigenvalue weighted by molar-refractivity contribution is 5.83. The summed E-state index contributed by atoms with van der Waals surface area (Å²) in [5, 5.41) is 9.14. The number of rotatable bonds is 7. The summed E-state index contributed by atoms with van der Waals surface area (Å²) in [6.45, 7) is 10.6. The normalized spacial score (nSPS) is 17.3. The fourth-order valence-corrected chi connectivity index (χ4v) is 4.08. The van der Waals surface area contributed by atoms with Crippen LogP contribution >= 0.6 is 0 Å². The molecule has 0 amide bonds. The van der Waals surface area contributed by atoms with Crippen LogP contribution in [0.1, 0.15) is 44.4 Å². The molecule has 0 unspecified atom stereocenters. The van der Waals surface area contributed by atoms with Crippen LogP contribution in [0.25, 0.3) is 10.9 Å². The molecule has 0 bridgehead atoms. The molecule has 7 heteroatoms. The van der Waals surface area contributed by atoms with Crippen molar-refractivity contribution >= 4 is 16.9 Å². The third-order valence-corrected chi connectivity index (χ3v) is 5.77. The highest BCUT2D eigenvalue weighted by atomic mass is 16.5. The van der Waals surface area contributed by atoms with Crippen LogP contribution in [0, 0.1) is 6.92 Å². The zero-order valence-electron chi connectivity index (χ0n) is 18.3. The van der Waals surface area contributed by atoms with Gasteiger partial charge in [0.05, 0.1) is 24.0 Å². The number of nitrogens with zero attached hydrogens (tertiary/aromatic N) is 5. The zero-order chi connectivity index (χ0) is 20.9. The number of fused-ring (bicyclic) bond motifs is 1. The predicted molar refractivity (Wildman–Crippen MR) is 120 cm³/mol. The van der Waals surface area contributed by atoms with Crippen molar-refractivity contribution in [2.45, 2.75) is 59.2 Å². The molecule has 7 nitrogen and oxygen atoms in total. The van der Waals surface area contributed by atoms with E-state index in [9.17, 15) is 0 Å². The van der Waals surface area contributed by atoms with Crippen molar-refractivity contribution in [1.82, 2.24) is 25.1 Å². The standard InChI is InChI=1S/C23H32N6O/c1-4-29-16-18(15-25-29)14-24-19-7-6-11-28(12-10-19)23-26-17(3)21-13-20(30-5-2)8-9-22(21)27-23/h8-9,13,15-16,19,24H,4-7,10-12,14H2,1-3H3/t19-/m1/s1. The van der Waals surface area contributed by atoms with E-state index in [4.69, 9.17) is 14.7 Å². The summed E-state index contributed by atoms with van der Waals surface area (Å²) in [6, 6.07) is 6.58. The van der Waals surface area contributed by atoms with Crippen LogP contribution in [0.3, 0.4) is 0 Å². The van der Waals surface area contributed by atoms with Crippen LogP contribution in [-0.4, -0.2) is 45.5 Å². The Hall–Kier alpha value is -2.67. The average Bonchev–Trinajstić information content (AvgIpc) is 3.09. The number of nitrogens with one attached hydrogen (secondary N) is 1. The number of benzene rings is 1. The maximum absolute atomic E-state index is 5.63. The highest BCUT2D eigenvalue weighted by Gasteiger charge is 2.19. The Morgan fingerprint density at radius 2 is 2.07 bits per heavy atom. The molecule has 2 aromatic heterocycles. The smallest absolute Gasteiger partial charge is 0.226 e. The second-order valence-electron chi connectivity index (χ2n) is 7.92. The van der Waals surface area contributed by atoms with Crippen molar-refractivity contribution in [3.05, 3.63) is 41.9 Å². The van der Waals surface area contributed by atoms with Crippen molar-refractivity contribution in [2.75, 3.05) is 24.6 Å². The number of ether oxygens (including phenoxy) is 1. The summed E-state index contributed by atoms with van der Waals surface area (Å²) in [5.41, 5.74) is 3.23. The topological polar surface area (TPSA) is 68.1 Å². The molecule has 1 fully saturated rings. The minimum Gasteiger partial charge on any atom is -0.494 e. The van der Waals surface area contributed by atoms with E-state index in [2.05, 4.69) is 35.4 Å². The molecule has 0 spiro atoms. The Labute approximate surface area is 178 Å². The molecule has 160 valence electrons. The first kappa shape index (κ1) is 20.6. The van der Waals surface area contributed by atoms with Crippen molar-refractivity contribution in [3.8, 4) is 5.75 Å². The number of aromatic nitrogens is 4. The van der Waals surface area contributed by atoms with Gasteiger partial charge in [-0.3, -0.25) is 4.68 Å². The second-order valence-corrected chi connectivity index (χ2v) is 7.92. The van der Waals surface area contributed by atoms with Crippen LogP contribution in [0.15, 0.2) is 30.6 Å². The van der Waals surface area contributed by atoms with Crippen molar-refractivity contribution in [1.29, 1.82) is 0 Å². The van der Waals surface area contributed by atoms with E-state index >= 15 is 0 Å². The molecular formula is C23H32N6O. The molecule has 1 aromatic carbocycles. The van der Waals surface area contributed by atoms with E-state index < -0.39 is 0 Å². The van der Waals surface area contributed by atoms with Gasteiger partial charge in [-0.1, -0.05) is 0 Å². The predicted octanol–water partition coefficient (Wildman–Crippen LogP) is 3.70. The summed E-state index contributed by atoms with van der Waals surface area (Å²) in [7, 11) is 0. The van der Waals surface area contributed by atoms with Gasteiger partial charge in [0.2, 0.25) is 5.95 Å². The zero-order valence-corrected chi connectivity index (χ0v) is 18.3. The van der Waals surface area contributed by atoms with E-state index in [1.165, 1.54) is 12.0 Å². The molecule has 3 heterocycles. The molecule has 0 saturated carbocycles.